The summed E-state index contributed by atoms with van der Waals surface area (Å²) in [5.41, 5.74) is 5.06. The van der Waals surface area contributed by atoms with Crippen molar-refractivity contribution in [1.82, 2.24) is 9.80 Å². The first-order valence-electron chi connectivity index (χ1n) is 4.49. The lowest BCUT2D eigenvalue weighted by Gasteiger charge is -2.30. The molecule has 0 spiro atoms. The van der Waals surface area contributed by atoms with Gasteiger partial charge in [-0.3, -0.25) is 14.6 Å². The number of morpholine rings is 1. The smallest absolute Gasteiger partial charge is 0.322 e. The van der Waals surface area contributed by atoms with Crippen LogP contribution in [0.15, 0.2) is 0 Å². The molecule has 0 aromatic rings. The number of hydrogen-bond acceptors (Lipinski definition) is 4. The van der Waals surface area contributed by atoms with Crippen molar-refractivity contribution in [2.75, 3.05) is 33.0 Å². The lowest BCUT2D eigenvalue weighted by Crippen LogP contribution is -2.49. The number of nitrogens with zero attached hydrogens (tertiary/aromatic N) is 2. The van der Waals surface area contributed by atoms with Crippen molar-refractivity contribution in [1.29, 1.82) is 0 Å². The second kappa shape index (κ2) is 4.92. The number of imide groups is 1. The quantitative estimate of drug-likeness (QED) is 0.634. The molecule has 0 radical (unpaired) electrons. The fourth-order valence-corrected chi connectivity index (χ4v) is 1.27. The van der Waals surface area contributed by atoms with Gasteiger partial charge < -0.3 is 10.5 Å². The van der Waals surface area contributed by atoms with E-state index in [-0.39, 0.29) is 12.6 Å². The molecule has 14 heavy (non-hydrogen) atoms. The van der Waals surface area contributed by atoms with Crippen LogP contribution in [0.5, 0.6) is 0 Å². The molecular formula is C8H15N3O3. The molecule has 0 saturated carbocycles. The van der Waals surface area contributed by atoms with Crippen LogP contribution in [-0.4, -0.2) is 54.7 Å². The number of rotatable bonds is 2. The maximum absolute atomic E-state index is 11.0. The molecule has 1 heterocycles. The summed E-state index contributed by atoms with van der Waals surface area (Å²) in [6.45, 7) is 4.28. The Morgan fingerprint density at radius 3 is 2.43 bits per heavy atom. The molecule has 6 heteroatoms. The van der Waals surface area contributed by atoms with E-state index in [1.54, 1.807) is 0 Å². The van der Waals surface area contributed by atoms with Crippen LogP contribution in [0.1, 0.15) is 6.92 Å². The molecule has 1 aliphatic heterocycles. The van der Waals surface area contributed by atoms with Crippen molar-refractivity contribution < 1.29 is 14.3 Å². The first-order valence-corrected chi connectivity index (χ1v) is 4.49. The van der Waals surface area contributed by atoms with Gasteiger partial charge in [0.15, 0.2) is 0 Å². The lowest BCUT2D eigenvalue weighted by atomic mass is 10.4. The van der Waals surface area contributed by atoms with Crippen LogP contribution in [0.2, 0.25) is 0 Å². The highest BCUT2D eigenvalue weighted by Gasteiger charge is 2.19. The molecule has 0 aliphatic carbocycles. The number of ether oxygens (including phenoxy) is 1. The summed E-state index contributed by atoms with van der Waals surface area (Å²) in [6, 6.07) is -0.705. The maximum atomic E-state index is 11.0. The SMILES string of the molecule is CC(=O)N(CN1CCOCC1)C(N)=O. The number of urea groups is 1. The van der Waals surface area contributed by atoms with Crippen molar-refractivity contribution in [2.24, 2.45) is 5.73 Å². The van der Waals surface area contributed by atoms with Crippen molar-refractivity contribution in [3.8, 4) is 0 Å². The number of carbonyl (C=O) groups is 2. The van der Waals surface area contributed by atoms with E-state index in [1.165, 1.54) is 6.92 Å². The van der Waals surface area contributed by atoms with Crippen molar-refractivity contribution in [3.05, 3.63) is 0 Å². The Kier molecular flexibility index (Phi) is 3.84. The molecule has 1 saturated heterocycles. The van der Waals surface area contributed by atoms with Crippen LogP contribution < -0.4 is 5.73 Å². The molecule has 0 unspecified atom stereocenters. The summed E-state index contributed by atoms with van der Waals surface area (Å²) in [7, 11) is 0. The van der Waals surface area contributed by atoms with Crippen molar-refractivity contribution >= 4 is 11.9 Å². The van der Waals surface area contributed by atoms with E-state index in [2.05, 4.69) is 0 Å². The Labute approximate surface area is 82.6 Å². The van der Waals surface area contributed by atoms with Gasteiger partial charge in [0.2, 0.25) is 5.91 Å². The van der Waals surface area contributed by atoms with Crippen LogP contribution in [-0.2, 0) is 9.53 Å². The van der Waals surface area contributed by atoms with E-state index in [4.69, 9.17) is 10.5 Å². The van der Waals surface area contributed by atoms with E-state index in [0.717, 1.165) is 18.0 Å². The Balaban J connectivity index is 2.45. The number of carbonyl (C=O) groups excluding carboxylic acids is 2. The molecule has 0 aromatic carbocycles. The zero-order valence-corrected chi connectivity index (χ0v) is 8.23. The fourth-order valence-electron chi connectivity index (χ4n) is 1.27. The molecule has 80 valence electrons. The third kappa shape index (κ3) is 2.97. The molecule has 1 fully saturated rings. The number of primary amides is 1. The van der Waals surface area contributed by atoms with Crippen LogP contribution in [0.4, 0.5) is 4.79 Å². The molecule has 2 N–H and O–H groups in total. The largest absolute Gasteiger partial charge is 0.379 e. The minimum atomic E-state index is -0.705. The molecule has 3 amide bonds. The second-order valence-corrected chi connectivity index (χ2v) is 3.16. The molecule has 0 bridgehead atoms. The van der Waals surface area contributed by atoms with E-state index >= 15 is 0 Å². The third-order valence-corrected chi connectivity index (χ3v) is 2.09. The van der Waals surface area contributed by atoms with Gasteiger partial charge in [-0.1, -0.05) is 0 Å². The average molecular weight is 201 g/mol. The minimum Gasteiger partial charge on any atom is -0.379 e. The first kappa shape index (κ1) is 10.9. The van der Waals surface area contributed by atoms with Crippen molar-refractivity contribution in [2.45, 2.75) is 6.92 Å². The monoisotopic (exact) mass is 201 g/mol. The fraction of sp³-hybridized carbons (Fsp3) is 0.750. The van der Waals surface area contributed by atoms with Crippen LogP contribution >= 0.6 is 0 Å². The van der Waals surface area contributed by atoms with Crippen LogP contribution in [0.25, 0.3) is 0 Å². The normalized spacial score (nSPS) is 17.8. The number of hydrogen-bond donors (Lipinski definition) is 1. The van der Waals surface area contributed by atoms with E-state index < -0.39 is 6.03 Å². The molecule has 0 aromatic heterocycles. The summed E-state index contributed by atoms with van der Waals surface area (Å²) in [4.78, 5) is 24.9. The molecule has 1 rings (SSSR count). The van der Waals surface area contributed by atoms with Gasteiger partial charge >= 0.3 is 6.03 Å². The Morgan fingerprint density at radius 2 is 2.00 bits per heavy atom. The molecular weight excluding hydrogens is 186 g/mol. The number of nitrogens with two attached hydrogens (primary N) is 1. The first-order chi connectivity index (χ1) is 6.61. The highest BCUT2D eigenvalue weighted by molar-refractivity contribution is 5.92. The zero-order valence-electron chi connectivity index (χ0n) is 8.23. The summed E-state index contributed by atoms with van der Waals surface area (Å²) in [5, 5.41) is 0. The maximum Gasteiger partial charge on any atom is 0.322 e. The van der Waals surface area contributed by atoms with Gasteiger partial charge in [-0.15, -0.1) is 0 Å². The lowest BCUT2D eigenvalue weighted by molar-refractivity contribution is -0.128. The highest BCUT2D eigenvalue weighted by Crippen LogP contribution is 1.99. The minimum absolute atomic E-state index is 0.258. The summed E-state index contributed by atoms with van der Waals surface area (Å²) in [5.74, 6) is -0.330. The van der Waals surface area contributed by atoms with Gasteiger partial charge in [-0.2, -0.15) is 0 Å². The van der Waals surface area contributed by atoms with Gasteiger partial charge in [-0.05, 0) is 0 Å². The van der Waals surface area contributed by atoms with Crippen LogP contribution in [0.3, 0.4) is 0 Å². The average Bonchev–Trinajstić information content (AvgIpc) is 2.15. The third-order valence-electron chi connectivity index (χ3n) is 2.09. The topological polar surface area (TPSA) is 75.9 Å². The predicted octanol–water partition coefficient (Wildman–Crippen LogP) is -0.797. The van der Waals surface area contributed by atoms with Gasteiger partial charge in [0, 0.05) is 20.0 Å². The Morgan fingerprint density at radius 1 is 1.43 bits per heavy atom. The Hall–Kier alpha value is -1.14. The zero-order chi connectivity index (χ0) is 10.6. The summed E-state index contributed by atoms with van der Waals surface area (Å²) in [6.07, 6.45) is 0. The molecule has 6 nitrogen and oxygen atoms in total. The predicted molar refractivity (Wildman–Crippen MR) is 49.4 cm³/mol. The second-order valence-electron chi connectivity index (χ2n) is 3.16. The number of amides is 3. The van der Waals surface area contributed by atoms with Gasteiger partial charge in [-0.25, -0.2) is 4.79 Å². The van der Waals surface area contributed by atoms with E-state index in [0.29, 0.717) is 13.2 Å². The summed E-state index contributed by atoms with van der Waals surface area (Å²) < 4.78 is 5.14. The van der Waals surface area contributed by atoms with E-state index in [1.807, 2.05) is 4.90 Å². The Bertz CT molecular complexity index is 212. The van der Waals surface area contributed by atoms with Gasteiger partial charge in [0.25, 0.3) is 0 Å². The van der Waals surface area contributed by atoms with Crippen molar-refractivity contribution in [3.63, 3.8) is 0 Å². The highest BCUT2D eigenvalue weighted by atomic mass is 16.5. The standard InChI is InChI=1S/C8H15N3O3/c1-7(12)11(8(9)13)6-10-2-4-14-5-3-10/h2-6H2,1H3,(H2,9,13). The van der Waals surface area contributed by atoms with Crippen LogP contribution in [0, 0.1) is 0 Å². The van der Waals surface area contributed by atoms with E-state index in [9.17, 15) is 9.59 Å². The van der Waals surface area contributed by atoms with Gasteiger partial charge in [0.05, 0.1) is 19.9 Å². The molecule has 1 aliphatic rings. The molecule has 0 atom stereocenters. The summed E-state index contributed by atoms with van der Waals surface area (Å²) >= 11 is 0. The van der Waals surface area contributed by atoms with Gasteiger partial charge in [0.1, 0.15) is 0 Å².